The molecule has 1 aliphatic carbocycles. The molecule has 0 amide bonds. The van der Waals surface area contributed by atoms with Gasteiger partial charge in [-0.05, 0) is 30.2 Å². The largest absolute Gasteiger partial charge is 0.493 e. The lowest BCUT2D eigenvalue weighted by atomic mass is 9.69. The maximum absolute atomic E-state index is 6.15. The van der Waals surface area contributed by atoms with Crippen molar-refractivity contribution >= 4 is 0 Å². The van der Waals surface area contributed by atoms with Crippen LogP contribution < -0.4 is 4.74 Å². The van der Waals surface area contributed by atoms with Crippen LogP contribution in [-0.4, -0.2) is 6.61 Å². The summed E-state index contributed by atoms with van der Waals surface area (Å²) >= 11 is 0. The highest BCUT2D eigenvalue weighted by atomic mass is 16.5. The van der Waals surface area contributed by atoms with E-state index in [1.165, 1.54) is 61.8 Å². The van der Waals surface area contributed by atoms with Crippen molar-refractivity contribution in [2.75, 3.05) is 6.61 Å². The maximum atomic E-state index is 6.15. The first kappa shape index (κ1) is 14.0. The topological polar surface area (TPSA) is 9.23 Å². The van der Waals surface area contributed by atoms with Crippen molar-refractivity contribution in [3.8, 4) is 5.75 Å². The van der Waals surface area contributed by atoms with Crippen molar-refractivity contribution in [1.29, 1.82) is 0 Å². The molecule has 1 heterocycles. The number of para-hydroxylation sites is 1. The second-order valence-corrected chi connectivity index (χ2v) is 7.73. The Balaban J connectivity index is 2.09. The third-order valence-electron chi connectivity index (χ3n) is 5.28. The smallest absolute Gasteiger partial charge is 0.126 e. The molecule has 1 spiro atoms. The van der Waals surface area contributed by atoms with Crippen LogP contribution in [0.5, 0.6) is 5.75 Å². The number of hydrogen-bond donors (Lipinski definition) is 0. The van der Waals surface area contributed by atoms with Crippen LogP contribution in [0, 0.1) is 0 Å². The van der Waals surface area contributed by atoms with Crippen molar-refractivity contribution in [2.24, 2.45) is 0 Å². The lowest BCUT2D eigenvalue weighted by Gasteiger charge is -2.40. The average Bonchev–Trinajstić information content (AvgIpc) is 2.64. The third kappa shape index (κ3) is 2.36. The summed E-state index contributed by atoms with van der Waals surface area (Å²) in [6.45, 7) is 7.78. The minimum Gasteiger partial charge on any atom is -0.493 e. The van der Waals surface area contributed by atoms with Crippen LogP contribution in [0.25, 0.3) is 0 Å². The van der Waals surface area contributed by atoms with Crippen molar-refractivity contribution in [1.82, 2.24) is 0 Å². The van der Waals surface area contributed by atoms with Gasteiger partial charge in [0.25, 0.3) is 0 Å². The Bertz CT molecular complexity index is 473. The molecule has 0 unspecified atom stereocenters. The Morgan fingerprint density at radius 2 is 1.65 bits per heavy atom. The SMILES string of the molecule is CC(C)(C)c1cccc2c1OCCC21CCCCCC1. The number of fused-ring (bicyclic) bond motifs is 2. The van der Waals surface area contributed by atoms with E-state index in [4.69, 9.17) is 4.74 Å². The van der Waals surface area contributed by atoms with Gasteiger partial charge in [-0.25, -0.2) is 0 Å². The van der Waals surface area contributed by atoms with Gasteiger partial charge in [0, 0.05) is 11.0 Å². The van der Waals surface area contributed by atoms with E-state index in [-0.39, 0.29) is 5.41 Å². The predicted molar refractivity (Wildman–Crippen MR) is 84.6 cm³/mol. The van der Waals surface area contributed by atoms with Gasteiger partial charge in [0.05, 0.1) is 6.61 Å². The maximum Gasteiger partial charge on any atom is 0.126 e. The van der Waals surface area contributed by atoms with Gasteiger partial charge in [-0.15, -0.1) is 0 Å². The van der Waals surface area contributed by atoms with Gasteiger partial charge >= 0.3 is 0 Å². The first-order chi connectivity index (χ1) is 9.53. The Morgan fingerprint density at radius 1 is 0.950 bits per heavy atom. The predicted octanol–water partition coefficient (Wildman–Crippen LogP) is 5.36. The third-order valence-corrected chi connectivity index (χ3v) is 5.28. The molecule has 0 saturated heterocycles. The van der Waals surface area contributed by atoms with Gasteiger partial charge in [0.15, 0.2) is 0 Å². The van der Waals surface area contributed by atoms with Gasteiger partial charge in [0.2, 0.25) is 0 Å². The number of hydrogen-bond acceptors (Lipinski definition) is 1. The van der Waals surface area contributed by atoms with Crippen molar-refractivity contribution < 1.29 is 4.74 Å². The van der Waals surface area contributed by atoms with E-state index in [2.05, 4.69) is 39.0 Å². The fourth-order valence-electron chi connectivity index (χ4n) is 4.11. The Labute approximate surface area is 123 Å². The molecule has 1 aromatic carbocycles. The minimum absolute atomic E-state index is 0.161. The summed E-state index contributed by atoms with van der Waals surface area (Å²) in [4.78, 5) is 0. The van der Waals surface area contributed by atoms with Crippen molar-refractivity contribution in [2.45, 2.75) is 76.5 Å². The number of rotatable bonds is 0. The Morgan fingerprint density at radius 3 is 2.30 bits per heavy atom. The van der Waals surface area contributed by atoms with Crippen LogP contribution in [0.3, 0.4) is 0 Å². The van der Waals surface area contributed by atoms with Gasteiger partial charge in [-0.1, -0.05) is 64.7 Å². The van der Waals surface area contributed by atoms with E-state index in [0.29, 0.717) is 5.41 Å². The van der Waals surface area contributed by atoms with Gasteiger partial charge in [0.1, 0.15) is 5.75 Å². The highest BCUT2D eigenvalue weighted by molar-refractivity contribution is 5.50. The average molecular weight is 272 g/mol. The second-order valence-electron chi connectivity index (χ2n) is 7.73. The van der Waals surface area contributed by atoms with Crippen LogP contribution in [-0.2, 0) is 10.8 Å². The van der Waals surface area contributed by atoms with E-state index in [9.17, 15) is 0 Å². The zero-order valence-corrected chi connectivity index (χ0v) is 13.3. The summed E-state index contributed by atoms with van der Waals surface area (Å²) < 4.78 is 6.15. The number of benzene rings is 1. The molecule has 3 rings (SSSR count). The van der Waals surface area contributed by atoms with Crippen molar-refractivity contribution in [3.63, 3.8) is 0 Å². The first-order valence-corrected chi connectivity index (χ1v) is 8.30. The summed E-state index contributed by atoms with van der Waals surface area (Å²) in [6.07, 6.45) is 9.54. The monoisotopic (exact) mass is 272 g/mol. The van der Waals surface area contributed by atoms with E-state index in [1.54, 1.807) is 0 Å². The summed E-state index contributed by atoms with van der Waals surface area (Å²) in [5, 5.41) is 0. The molecule has 1 saturated carbocycles. The van der Waals surface area contributed by atoms with Gasteiger partial charge in [-0.3, -0.25) is 0 Å². The highest BCUT2D eigenvalue weighted by Gasteiger charge is 2.39. The molecule has 0 N–H and O–H groups in total. The fraction of sp³-hybridized carbons (Fsp3) is 0.684. The van der Waals surface area contributed by atoms with E-state index < -0.39 is 0 Å². The van der Waals surface area contributed by atoms with Crippen LogP contribution in [0.15, 0.2) is 18.2 Å². The Kier molecular flexibility index (Phi) is 3.56. The molecular formula is C19H28O. The molecule has 0 bridgehead atoms. The van der Waals surface area contributed by atoms with Crippen LogP contribution in [0.4, 0.5) is 0 Å². The normalized spacial score (nSPS) is 21.9. The molecule has 2 aliphatic rings. The standard InChI is InChI=1S/C19H28O/c1-18(2,3)15-9-8-10-16-17(15)20-14-13-19(16)11-6-4-5-7-12-19/h8-10H,4-7,11-14H2,1-3H3. The summed E-state index contributed by atoms with van der Waals surface area (Å²) in [6, 6.07) is 6.85. The molecule has 110 valence electrons. The first-order valence-electron chi connectivity index (χ1n) is 8.30. The van der Waals surface area contributed by atoms with Crippen LogP contribution in [0.2, 0.25) is 0 Å². The lowest BCUT2D eigenvalue weighted by molar-refractivity contribution is 0.193. The molecule has 0 aromatic heterocycles. The summed E-state index contributed by atoms with van der Waals surface area (Å²) in [5.41, 5.74) is 3.47. The summed E-state index contributed by atoms with van der Waals surface area (Å²) in [7, 11) is 0. The molecule has 0 atom stereocenters. The molecule has 0 radical (unpaired) electrons. The molecule has 1 heteroatoms. The molecular weight excluding hydrogens is 244 g/mol. The molecule has 1 nitrogen and oxygen atoms in total. The molecule has 1 fully saturated rings. The highest BCUT2D eigenvalue weighted by Crippen LogP contribution is 2.49. The zero-order valence-electron chi connectivity index (χ0n) is 13.3. The fourth-order valence-corrected chi connectivity index (χ4v) is 4.11. The molecule has 1 aliphatic heterocycles. The second kappa shape index (κ2) is 5.09. The lowest BCUT2D eigenvalue weighted by Crippen LogP contribution is -2.33. The van der Waals surface area contributed by atoms with Crippen LogP contribution in [0.1, 0.15) is 76.8 Å². The van der Waals surface area contributed by atoms with Gasteiger partial charge < -0.3 is 4.74 Å². The van der Waals surface area contributed by atoms with E-state index in [0.717, 1.165) is 6.61 Å². The van der Waals surface area contributed by atoms with E-state index >= 15 is 0 Å². The van der Waals surface area contributed by atoms with E-state index in [1.807, 2.05) is 0 Å². The number of ether oxygens (including phenoxy) is 1. The zero-order chi connectivity index (χ0) is 14.2. The van der Waals surface area contributed by atoms with Crippen LogP contribution >= 0.6 is 0 Å². The molecule has 20 heavy (non-hydrogen) atoms. The minimum atomic E-state index is 0.161. The molecule has 1 aromatic rings. The summed E-state index contributed by atoms with van der Waals surface area (Å²) in [5.74, 6) is 1.22. The Hall–Kier alpha value is -0.980. The van der Waals surface area contributed by atoms with Gasteiger partial charge in [-0.2, -0.15) is 0 Å². The van der Waals surface area contributed by atoms with Crippen molar-refractivity contribution in [3.05, 3.63) is 29.3 Å². The quantitative estimate of drug-likeness (QED) is 0.618.